The fraction of sp³-hybridized carbons (Fsp3) is 0.562. The van der Waals surface area contributed by atoms with Gasteiger partial charge in [0.25, 0.3) is 0 Å². The summed E-state index contributed by atoms with van der Waals surface area (Å²) in [5.41, 5.74) is 7.37. The summed E-state index contributed by atoms with van der Waals surface area (Å²) in [5.74, 6) is 1.29. The van der Waals surface area contributed by atoms with Gasteiger partial charge in [-0.2, -0.15) is 0 Å². The number of amides is 1. The molecule has 0 radical (unpaired) electrons. The lowest BCUT2D eigenvalue weighted by Crippen LogP contribution is -2.72. The fourth-order valence-corrected chi connectivity index (χ4v) is 5.00. The molecule has 0 spiro atoms. The number of hydrogen-bond acceptors (Lipinski definition) is 4. The van der Waals surface area contributed by atoms with E-state index in [1.807, 2.05) is 12.1 Å². The Balaban J connectivity index is 1.45. The minimum Gasteiger partial charge on any atom is -0.376 e. The summed E-state index contributed by atoms with van der Waals surface area (Å²) in [6, 6.07) is 8.20. The van der Waals surface area contributed by atoms with Crippen LogP contribution in [0, 0.1) is 5.92 Å². The normalized spacial score (nSPS) is 37.3. The molecule has 1 saturated carbocycles. The predicted molar refractivity (Wildman–Crippen MR) is 82.3 cm³/mol. The molecule has 1 aliphatic carbocycles. The standard InChI is InChI=1S/C16H20N2O2S/c17-13-10-5-3-7-20-15(10)14(13)18-16(19)11-8-21-12-6-2-1-4-9(11)12/h1-2,4,6,10-11,13-15H,3,5,7-8,17H2,(H,18,19). The maximum atomic E-state index is 12.6. The lowest BCUT2D eigenvalue weighted by molar-refractivity contribution is -0.140. The average Bonchev–Trinajstić information content (AvgIpc) is 2.96. The highest BCUT2D eigenvalue weighted by Crippen LogP contribution is 2.41. The number of fused-ring (bicyclic) bond motifs is 2. The number of carbonyl (C=O) groups excluding carboxylic acids is 1. The van der Waals surface area contributed by atoms with Gasteiger partial charge in [0, 0.05) is 29.2 Å². The lowest BCUT2D eigenvalue weighted by atomic mass is 9.68. The summed E-state index contributed by atoms with van der Waals surface area (Å²) in [7, 11) is 0. The van der Waals surface area contributed by atoms with Crippen LogP contribution in [0.15, 0.2) is 29.2 Å². The first-order chi connectivity index (χ1) is 10.3. The van der Waals surface area contributed by atoms with Gasteiger partial charge in [0.15, 0.2) is 0 Å². The number of hydrogen-bond donors (Lipinski definition) is 2. The molecule has 1 saturated heterocycles. The first-order valence-corrected chi connectivity index (χ1v) is 8.63. The Morgan fingerprint density at radius 3 is 3.14 bits per heavy atom. The molecule has 0 aromatic heterocycles. The van der Waals surface area contributed by atoms with Crippen molar-refractivity contribution < 1.29 is 9.53 Å². The van der Waals surface area contributed by atoms with E-state index >= 15 is 0 Å². The Labute approximate surface area is 128 Å². The Bertz CT molecular complexity index is 565. The second-order valence-corrected chi connectivity index (χ2v) is 7.22. The van der Waals surface area contributed by atoms with E-state index in [9.17, 15) is 4.79 Å². The number of nitrogens with two attached hydrogens (primary N) is 1. The minimum absolute atomic E-state index is 0.0134. The molecule has 2 aliphatic heterocycles. The van der Waals surface area contributed by atoms with Crippen molar-refractivity contribution in [3.63, 3.8) is 0 Å². The summed E-state index contributed by atoms with van der Waals surface area (Å²) in [5, 5.41) is 3.15. The zero-order valence-electron chi connectivity index (χ0n) is 11.8. The van der Waals surface area contributed by atoms with Crippen LogP contribution in [0.25, 0.3) is 0 Å². The van der Waals surface area contributed by atoms with Gasteiger partial charge >= 0.3 is 0 Å². The first kappa shape index (κ1) is 13.6. The maximum Gasteiger partial charge on any atom is 0.228 e. The third kappa shape index (κ3) is 2.18. The molecule has 1 amide bonds. The molecular weight excluding hydrogens is 284 g/mol. The van der Waals surface area contributed by atoms with Gasteiger partial charge in [-0.1, -0.05) is 18.2 Å². The zero-order valence-corrected chi connectivity index (χ0v) is 12.6. The van der Waals surface area contributed by atoms with Crippen LogP contribution < -0.4 is 11.1 Å². The third-order valence-electron chi connectivity index (χ3n) is 5.00. The summed E-state index contributed by atoms with van der Waals surface area (Å²) in [6.07, 6.45) is 2.34. The molecular formula is C16H20N2O2S. The molecule has 5 heteroatoms. The number of benzene rings is 1. The average molecular weight is 304 g/mol. The van der Waals surface area contributed by atoms with Crippen molar-refractivity contribution in [3.05, 3.63) is 29.8 Å². The smallest absolute Gasteiger partial charge is 0.228 e. The second kappa shape index (κ2) is 5.30. The molecule has 0 bridgehead atoms. The van der Waals surface area contributed by atoms with Crippen LogP contribution in [0.3, 0.4) is 0 Å². The minimum atomic E-state index is -0.0546. The van der Waals surface area contributed by atoms with Crippen LogP contribution in [-0.2, 0) is 9.53 Å². The Hall–Kier alpha value is -1.04. The Morgan fingerprint density at radius 1 is 1.38 bits per heavy atom. The van der Waals surface area contributed by atoms with Gasteiger partial charge in [-0.3, -0.25) is 4.79 Å². The maximum absolute atomic E-state index is 12.6. The summed E-state index contributed by atoms with van der Waals surface area (Å²) >= 11 is 1.76. The highest BCUT2D eigenvalue weighted by Gasteiger charge is 2.51. The van der Waals surface area contributed by atoms with Crippen LogP contribution in [-0.4, -0.2) is 36.5 Å². The van der Waals surface area contributed by atoms with Gasteiger partial charge in [-0.15, -0.1) is 11.8 Å². The van der Waals surface area contributed by atoms with Crippen LogP contribution in [0.4, 0.5) is 0 Å². The zero-order chi connectivity index (χ0) is 14.4. The summed E-state index contributed by atoms with van der Waals surface area (Å²) < 4.78 is 5.79. The van der Waals surface area contributed by atoms with Crippen molar-refractivity contribution in [3.8, 4) is 0 Å². The van der Waals surface area contributed by atoms with Crippen molar-refractivity contribution in [1.82, 2.24) is 5.32 Å². The van der Waals surface area contributed by atoms with E-state index < -0.39 is 0 Å². The van der Waals surface area contributed by atoms with Crippen LogP contribution in [0.2, 0.25) is 0 Å². The molecule has 3 N–H and O–H groups in total. The van der Waals surface area contributed by atoms with Crippen molar-refractivity contribution in [2.75, 3.05) is 12.4 Å². The molecule has 112 valence electrons. The van der Waals surface area contributed by atoms with Gasteiger partial charge in [0.1, 0.15) is 0 Å². The van der Waals surface area contributed by atoms with Gasteiger partial charge < -0.3 is 15.8 Å². The predicted octanol–water partition coefficient (Wildman–Crippen LogP) is 1.50. The van der Waals surface area contributed by atoms with E-state index in [0.29, 0.717) is 5.92 Å². The highest BCUT2D eigenvalue weighted by atomic mass is 32.2. The molecule has 3 aliphatic rings. The van der Waals surface area contributed by atoms with Crippen molar-refractivity contribution >= 4 is 17.7 Å². The van der Waals surface area contributed by atoms with Crippen LogP contribution in [0.5, 0.6) is 0 Å². The molecule has 5 unspecified atom stereocenters. The van der Waals surface area contributed by atoms with E-state index in [-0.39, 0.29) is 30.0 Å². The number of thioether (sulfide) groups is 1. The number of rotatable bonds is 2. The number of carbonyl (C=O) groups is 1. The molecule has 1 aromatic rings. The van der Waals surface area contributed by atoms with E-state index in [1.165, 1.54) is 4.90 Å². The molecule has 4 nitrogen and oxygen atoms in total. The van der Waals surface area contributed by atoms with Gasteiger partial charge in [0.2, 0.25) is 5.91 Å². The van der Waals surface area contributed by atoms with Gasteiger partial charge in [-0.25, -0.2) is 0 Å². The number of nitrogens with one attached hydrogen (secondary N) is 1. The highest BCUT2D eigenvalue weighted by molar-refractivity contribution is 7.99. The quantitative estimate of drug-likeness (QED) is 0.869. The number of ether oxygens (including phenoxy) is 1. The topological polar surface area (TPSA) is 64.3 Å². The van der Waals surface area contributed by atoms with E-state index in [1.54, 1.807) is 11.8 Å². The molecule has 2 fully saturated rings. The molecule has 4 rings (SSSR count). The molecule has 5 atom stereocenters. The van der Waals surface area contributed by atoms with Gasteiger partial charge in [0.05, 0.1) is 18.1 Å². The third-order valence-corrected chi connectivity index (χ3v) is 6.19. The van der Waals surface area contributed by atoms with Gasteiger partial charge in [-0.05, 0) is 24.5 Å². The van der Waals surface area contributed by atoms with Crippen molar-refractivity contribution in [1.29, 1.82) is 0 Å². The monoisotopic (exact) mass is 304 g/mol. The van der Waals surface area contributed by atoms with Crippen molar-refractivity contribution in [2.24, 2.45) is 11.7 Å². The van der Waals surface area contributed by atoms with E-state index in [0.717, 1.165) is 30.8 Å². The lowest BCUT2D eigenvalue weighted by Gasteiger charge is -2.52. The SMILES string of the molecule is NC1C2CCCOC2C1NC(=O)C1CSc2ccccc21. The fourth-order valence-electron chi connectivity index (χ4n) is 3.77. The second-order valence-electron chi connectivity index (χ2n) is 6.15. The van der Waals surface area contributed by atoms with E-state index in [2.05, 4.69) is 17.4 Å². The first-order valence-electron chi connectivity index (χ1n) is 7.65. The molecule has 2 heterocycles. The van der Waals surface area contributed by atoms with Crippen LogP contribution in [0.1, 0.15) is 24.3 Å². The Morgan fingerprint density at radius 2 is 2.24 bits per heavy atom. The largest absolute Gasteiger partial charge is 0.376 e. The van der Waals surface area contributed by atoms with Crippen molar-refractivity contribution in [2.45, 2.75) is 41.8 Å². The summed E-state index contributed by atoms with van der Waals surface area (Å²) in [6.45, 7) is 0.794. The Kier molecular flexibility index (Phi) is 3.44. The van der Waals surface area contributed by atoms with Crippen LogP contribution >= 0.6 is 11.8 Å². The molecule has 21 heavy (non-hydrogen) atoms. The summed E-state index contributed by atoms with van der Waals surface area (Å²) in [4.78, 5) is 13.8. The van der Waals surface area contributed by atoms with E-state index in [4.69, 9.17) is 10.5 Å². The molecule has 1 aromatic carbocycles.